The molecule has 0 radical (unpaired) electrons. The van der Waals surface area contributed by atoms with E-state index in [2.05, 4.69) is 30.0 Å². The predicted octanol–water partition coefficient (Wildman–Crippen LogP) is 1.77. The van der Waals surface area contributed by atoms with E-state index in [4.69, 9.17) is 18.9 Å². The maximum atomic E-state index is 5.81. The highest BCUT2D eigenvalue weighted by molar-refractivity contribution is 5.56. The minimum absolute atomic E-state index is 0.382. The van der Waals surface area contributed by atoms with Crippen molar-refractivity contribution in [3.63, 3.8) is 0 Å². The molecule has 0 aliphatic carbocycles. The van der Waals surface area contributed by atoms with Crippen molar-refractivity contribution < 1.29 is 18.9 Å². The Labute approximate surface area is 131 Å². The molecule has 4 rings (SSSR count). The quantitative estimate of drug-likeness (QED) is 0.651. The summed E-state index contributed by atoms with van der Waals surface area (Å²) in [5.74, 6) is 0.937. The smallest absolute Gasteiger partial charge is 0.119 e. The van der Waals surface area contributed by atoms with Crippen LogP contribution in [0, 0.1) is 6.92 Å². The van der Waals surface area contributed by atoms with Crippen LogP contribution in [0.25, 0.3) is 0 Å². The average molecular weight is 305 g/mol. The van der Waals surface area contributed by atoms with E-state index < -0.39 is 0 Å². The van der Waals surface area contributed by atoms with Crippen molar-refractivity contribution in [3.8, 4) is 5.75 Å². The SMILES string of the molecule is Cc1cc(OCCC2CO2)ccc1N(CC1CO1)CC1CO1. The summed E-state index contributed by atoms with van der Waals surface area (Å²) in [6.45, 7) is 7.40. The van der Waals surface area contributed by atoms with Crippen LogP contribution in [0.1, 0.15) is 12.0 Å². The maximum Gasteiger partial charge on any atom is 0.119 e. The van der Waals surface area contributed by atoms with Crippen molar-refractivity contribution in [1.82, 2.24) is 0 Å². The van der Waals surface area contributed by atoms with Crippen LogP contribution in [-0.4, -0.2) is 57.8 Å². The molecule has 0 saturated carbocycles. The third kappa shape index (κ3) is 3.91. The lowest BCUT2D eigenvalue weighted by Gasteiger charge is -2.25. The van der Waals surface area contributed by atoms with E-state index in [-0.39, 0.29) is 0 Å². The molecule has 0 amide bonds. The zero-order valence-corrected chi connectivity index (χ0v) is 13.0. The molecule has 3 saturated heterocycles. The Kier molecular flexibility index (Phi) is 3.94. The topological polar surface area (TPSA) is 50.1 Å². The van der Waals surface area contributed by atoms with E-state index in [9.17, 15) is 0 Å². The van der Waals surface area contributed by atoms with Gasteiger partial charge in [0.15, 0.2) is 0 Å². The zero-order chi connectivity index (χ0) is 14.9. The number of rotatable bonds is 9. The lowest BCUT2D eigenvalue weighted by molar-refractivity contribution is 0.283. The fourth-order valence-electron chi connectivity index (χ4n) is 2.73. The maximum absolute atomic E-state index is 5.81. The van der Waals surface area contributed by atoms with Crippen molar-refractivity contribution in [2.24, 2.45) is 0 Å². The van der Waals surface area contributed by atoms with Crippen LogP contribution in [0.3, 0.4) is 0 Å². The summed E-state index contributed by atoms with van der Waals surface area (Å²) in [4.78, 5) is 2.38. The second kappa shape index (κ2) is 6.07. The summed E-state index contributed by atoms with van der Waals surface area (Å²) in [5, 5.41) is 0. The van der Waals surface area contributed by atoms with Crippen LogP contribution in [0.2, 0.25) is 0 Å². The van der Waals surface area contributed by atoms with E-state index in [1.807, 2.05) is 0 Å². The minimum Gasteiger partial charge on any atom is -0.493 e. The minimum atomic E-state index is 0.382. The molecule has 3 aliphatic rings. The van der Waals surface area contributed by atoms with Gasteiger partial charge in [0, 0.05) is 25.2 Å². The third-order valence-electron chi connectivity index (χ3n) is 4.27. The van der Waals surface area contributed by atoms with Gasteiger partial charge in [0.25, 0.3) is 0 Å². The Morgan fingerprint density at radius 1 is 1.05 bits per heavy atom. The molecule has 120 valence electrons. The van der Waals surface area contributed by atoms with E-state index in [1.54, 1.807) is 0 Å². The Hall–Kier alpha value is -1.30. The van der Waals surface area contributed by atoms with Gasteiger partial charge in [-0.05, 0) is 30.7 Å². The van der Waals surface area contributed by atoms with Gasteiger partial charge in [-0.25, -0.2) is 0 Å². The molecule has 0 N–H and O–H groups in total. The van der Waals surface area contributed by atoms with Gasteiger partial charge in [0.05, 0.1) is 44.7 Å². The molecule has 5 nitrogen and oxygen atoms in total. The molecule has 1 aromatic carbocycles. The van der Waals surface area contributed by atoms with Gasteiger partial charge >= 0.3 is 0 Å². The van der Waals surface area contributed by atoms with E-state index in [0.29, 0.717) is 18.3 Å². The molecule has 3 aliphatic heterocycles. The first kappa shape index (κ1) is 14.3. The molecule has 1 aromatic rings. The van der Waals surface area contributed by atoms with Gasteiger partial charge in [0.2, 0.25) is 0 Å². The summed E-state index contributed by atoms with van der Waals surface area (Å²) in [6.07, 6.45) is 2.17. The highest BCUT2D eigenvalue weighted by atomic mass is 16.6. The van der Waals surface area contributed by atoms with E-state index in [1.165, 1.54) is 11.3 Å². The van der Waals surface area contributed by atoms with Crippen molar-refractivity contribution in [2.75, 3.05) is 44.4 Å². The van der Waals surface area contributed by atoms with Crippen molar-refractivity contribution in [3.05, 3.63) is 23.8 Å². The molecule has 3 fully saturated rings. The van der Waals surface area contributed by atoms with Gasteiger partial charge < -0.3 is 23.8 Å². The molecule has 0 spiro atoms. The number of ether oxygens (including phenoxy) is 4. The molecular formula is C17H23NO4. The Bertz CT molecular complexity index is 509. The molecular weight excluding hydrogens is 282 g/mol. The molecule has 0 aromatic heterocycles. The van der Waals surface area contributed by atoms with Gasteiger partial charge in [-0.3, -0.25) is 0 Å². The fourth-order valence-corrected chi connectivity index (χ4v) is 2.73. The second-order valence-electron chi connectivity index (χ2n) is 6.36. The van der Waals surface area contributed by atoms with E-state index >= 15 is 0 Å². The van der Waals surface area contributed by atoms with E-state index in [0.717, 1.165) is 51.7 Å². The van der Waals surface area contributed by atoms with Crippen LogP contribution in [0.4, 0.5) is 5.69 Å². The number of nitrogens with zero attached hydrogens (tertiary/aromatic N) is 1. The first-order valence-electron chi connectivity index (χ1n) is 8.11. The van der Waals surface area contributed by atoms with Crippen molar-refractivity contribution >= 4 is 5.69 Å². The summed E-state index contributed by atoms with van der Waals surface area (Å²) in [7, 11) is 0. The third-order valence-corrected chi connectivity index (χ3v) is 4.27. The number of aryl methyl sites for hydroxylation is 1. The van der Waals surface area contributed by atoms with Crippen LogP contribution >= 0.6 is 0 Å². The van der Waals surface area contributed by atoms with Gasteiger partial charge in [-0.15, -0.1) is 0 Å². The molecule has 0 bridgehead atoms. The highest BCUT2D eigenvalue weighted by Crippen LogP contribution is 2.28. The Morgan fingerprint density at radius 3 is 2.23 bits per heavy atom. The molecule has 3 heterocycles. The highest BCUT2D eigenvalue weighted by Gasteiger charge is 2.31. The second-order valence-corrected chi connectivity index (χ2v) is 6.36. The normalized spacial score (nSPS) is 28.3. The summed E-state index contributed by atoms with van der Waals surface area (Å²) in [6, 6.07) is 6.34. The largest absolute Gasteiger partial charge is 0.493 e. The summed E-state index contributed by atoms with van der Waals surface area (Å²) in [5.41, 5.74) is 2.49. The van der Waals surface area contributed by atoms with Gasteiger partial charge in [-0.2, -0.15) is 0 Å². The van der Waals surface area contributed by atoms with Crippen LogP contribution in [-0.2, 0) is 14.2 Å². The molecule has 3 atom stereocenters. The van der Waals surface area contributed by atoms with Crippen molar-refractivity contribution in [2.45, 2.75) is 31.7 Å². The van der Waals surface area contributed by atoms with Crippen LogP contribution in [0.15, 0.2) is 18.2 Å². The molecule has 3 unspecified atom stereocenters. The lowest BCUT2D eigenvalue weighted by Crippen LogP contribution is -2.32. The Morgan fingerprint density at radius 2 is 1.68 bits per heavy atom. The number of anilines is 1. The van der Waals surface area contributed by atoms with Crippen LogP contribution < -0.4 is 9.64 Å². The average Bonchev–Trinajstić information content (AvgIpc) is 3.34. The number of hydrogen-bond donors (Lipinski definition) is 0. The van der Waals surface area contributed by atoms with Crippen LogP contribution in [0.5, 0.6) is 5.75 Å². The standard InChI is InChI=1S/C17H23NO4/c1-12-6-13(19-5-4-14-9-20-14)2-3-17(12)18(7-15-10-21-15)8-16-11-22-16/h2-3,6,14-16H,4-5,7-11H2,1H3. The lowest BCUT2D eigenvalue weighted by atomic mass is 10.1. The molecule has 5 heteroatoms. The first-order valence-corrected chi connectivity index (χ1v) is 8.11. The monoisotopic (exact) mass is 305 g/mol. The van der Waals surface area contributed by atoms with Gasteiger partial charge in [0.1, 0.15) is 5.75 Å². The Balaban J connectivity index is 1.39. The van der Waals surface area contributed by atoms with Gasteiger partial charge in [-0.1, -0.05) is 0 Å². The van der Waals surface area contributed by atoms with Crippen molar-refractivity contribution in [1.29, 1.82) is 0 Å². The summed E-state index contributed by atoms with van der Waals surface area (Å²) < 4.78 is 21.8. The predicted molar refractivity (Wildman–Crippen MR) is 82.7 cm³/mol. The number of benzene rings is 1. The number of hydrogen-bond acceptors (Lipinski definition) is 5. The fraction of sp³-hybridized carbons (Fsp3) is 0.647. The summed E-state index contributed by atoms with van der Waals surface area (Å²) >= 11 is 0. The first-order chi connectivity index (χ1) is 10.8. The zero-order valence-electron chi connectivity index (χ0n) is 13.0. The molecule has 22 heavy (non-hydrogen) atoms. The number of epoxide rings is 3.